The number of nitrogens with two attached hydrogens (primary N) is 1. The first kappa shape index (κ1) is 25.8. The standard InChI is InChI=1S/C27H23F3N6O3/c28-16-9-17(29)11-18(10-16)36-25(14-23(35-36)15-3-1-2-4-15)34-27(38)33-22-6-5-19(12-21(22)30)39-20-7-8-32-24(13-20)26(31)37/h5-15H,1-4H2,(H2,31,37)(H2,33,34,38). The zero-order chi connectivity index (χ0) is 27.5. The predicted octanol–water partition coefficient (Wildman–Crippen LogP) is 5.88. The van der Waals surface area contributed by atoms with E-state index in [1.807, 2.05) is 0 Å². The van der Waals surface area contributed by atoms with Gasteiger partial charge in [-0.25, -0.2) is 22.6 Å². The second-order valence-electron chi connectivity index (χ2n) is 9.04. The highest BCUT2D eigenvalue weighted by Crippen LogP contribution is 2.35. The molecule has 5 rings (SSSR count). The zero-order valence-corrected chi connectivity index (χ0v) is 20.5. The summed E-state index contributed by atoms with van der Waals surface area (Å²) in [6, 6.07) is 10.4. The van der Waals surface area contributed by atoms with Crippen LogP contribution in [0.15, 0.2) is 60.8 Å². The third-order valence-electron chi connectivity index (χ3n) is 6.24. The zero-order valence-electron chi connectivity index (χ0n) is 20.5. The highest BCUT2D eigenvalue weighted by molar-refractivity contribution is 5.99. The van der Waals surface area contributed by atoms with Crippen molar-refractivity contribution in [1.82, 2.24) is 14.8 Å². The van der Waals surface area contributed by atoms with E-state index in [0.717, 1.165) is 49.9 Å². The summed E-state index contributed by atoms with van der Waals surface area (Å²) < 4.78 is 49.4. The quantitative estimate of drug-likeness (QED) is 0.272. The Hall–Kier alpha value is -4.87. The van der Waals surface area contributed by atoms with Crippen LogP contribution in [0.5, 0.6) is 11.5 Å². The predicted molar refractivity (Wildman–Crippen MR) is 137 cm³/mol. The number of pyridine rings is 1. The summed E-state index contributed by atoms with van der Waals surface area (Å²) in [5.41, 5.74) is 5.83. The number of hydrogen-bond acceptors (Lipinski definition) is 5. The molecule has 0 spiro atoms. The third-order valence-corrected chi connectivity index (χ3v) is 6.24. The minimum absolute atomic E-state index is 0.0146. The summed E-state index contributed by atoms with van der Waals surface area (Å²) in [6.07, 6.45) is 5.25. The molecule has 1 fully saturated rings. The number of hydrogen-bond donors (Lipinski definition) is 3. The maximum atomic E-state index is 14.8. The maximum absolute atomic E-state index is 14.8. The van der Waals surface area contributed by atoms with Gasteiger partial charge in [0.15, 0.2) is 0 Å². The molecule has 1 saturated carbocycles. The molecule has 4 N–H and O–H groups in total. The molecule has 12 heteroatoms. The second-order valence-corrected chi connectivity index (χ2v) is 9.04. The van der Waals surface area contributed by atoms with E-state index in [2.05, 4.69) is 20.7 Å². The minimum Gasteiger partial charge on any atom is -0.457 e. The topological polar surface area (TPSA) is 124 Å². The monoisotopic (exact) mass is 536 g/mol. The van der Waals surface area contributed by atoms with Gasteiger partial charge in [-0.05, 0) is 43.2 Å². The van der Waals surface area contributed by atoms with Crippen molar-refractivity contribution >= 4 is 23.4 Å². The van der Waals surface area contributed by atoms with Crippen molar-refractivity contribution in [3.63, 3.8) is 0 Å². The van der Waals surface area contributed by atoms with Gasteiger partial charge in [-0.2, -0.15) is 5.10 Å². The van der Waals surface area contributed by atoms with Crippen LogP contribution in [-0.4, -0.2) is 26.7 Å². The van der Waals surface area contributed by atoms with Crippen LogP contribution in [0, 0.1) is 17.5 Å². The lowest BCUT2D eigenvalue weighted by Crippen LogP contribution is -2.22. The maximum Gasteiger partial charge on any atom is 0.324 e. The van der Waals surface area contributed by atoms with Crippen LogP contribution in [0.2, 0.25) is 0 Å². The van der Waals surface area contributed by atoms with Gasteiger partial charge in [-0.1, -0.05) is 12.8 Å². The summed E-state index contributed by atoms with van der Waals surface area (Å²) in [6.45, 7) is 0. The highest BCUT2D eigenvalue weighted by atomic mass is 19.1. The van der Waals surface area contributed by atoms with Crippen molar-refractivity contribution in [2.45, 2.75) is 31.6 Å². The molecule has 2 aromatic heterocycles. The average molecular weight is 537 g/mol. The van der Waals surface area contributed by atoms with E-state index in [1.165, 1.54) is 35.1 Å². The molecule has 9 nitrogen and oxygen atoms in total. The summed E-state index contributed by atoms with van der Waals surface area (Å²) >= 11 is 0. The number of carbonyl (C=O) groups is 2. The molecule has 0 saturated heterocycles. The molecule has 0 radical (unpaired) electrons. The van der Waals surface area contributed by atoms with E-state index >= 15 is 0 Å². The number of halogens is 3. The van der Waals surface area contributed by atoms with Crippen molar-refractivity contribution < 1.29 is 27.5 Å². The number of anilines is 2. The van der Waals surface area contributed by atoms with Gasteiger partial charge in [0.2, 0.25) is 0 Å². The molecule has 2 aromatic carbocycles. The lowest BCUT2D eigenvalue weighted by Gasteiger charge is -2.12. The lowest BCUT2D eigenvalue weighted by atomic mass is 10.0. The molecular formula is C27H23F3N6O3. The molecule has 39 heavy (non-hydrogen) atoms. The van der Waals surface area contributed by atoms with Gasteiger partial charge in [-0.3, -0.25) is 15.1 Å². The van der Waals surface area contributed by atoms with Crippen molar-refractivity contribution in [3.05, 3.63) is 89.6 Å². The van der Waals surface area contributed by atoms with Gasteiger partial charge in [0.05, 0.1) is 17.1 Å². The Kier molecular flexibility index (Phi) is 7.17. The van der Waals surface area contributed by atoms with E-state index in [0.29, 0.717) is 5.69 Å². The van der Waals surface area contributed by atoms with Crippen LogP contribution in [0.3, 0.4) is 0 Å². The fourth-order valence-electron chi connectivity index (χ4n) is 4.44. The van der Waals surface area contributed by atoms with Crippen molar-refractivity contribution in [2.24, 2.45) is 5.73 Å². The fraction of sp³-hybridized carbons (Fsp3) is 0.185. The van der Waals surface area contributed by atoms with Crippen LogP contribution in [-0.2, 0) is 0 Å². The number of amides is 3. The van der Waals surface area contributed by atoms with Gasteiger partial charge in [0, 0.05) is 36.4 Å². The molecule has 0 aliphatic heterocycles. The molecule has 1 aliphatic carbocycles. The molecule has 3 amide bonds. The summed E-state index contributed by atoms with van der Waals surface area (Å²) in [5.74, 6) is -2.46. The normalized spacial score (nSPS) is 13.3. The van der Waals surface area contributed by atoms with Gasteiger partial charge in [0.1, 0.15) is 40.5 Å². The number of rotatable bonds is 7. The van der Waals surface area contributed by atoms with Crippen LogP contribution in [0.1, 0.15) is 47.8 Å². The molecule has 2 heterocycles. The molecule has 0 unspecified atom stereocenters. The van der Waals surface area contributed by atoms with Crippen LogP contribution >= 0.6 is 0 Å². The fourth-order valence-corrected chi connectivity index (χ4v) is 4.44. The average Bonchev–Trinajstić information content (AvgIpc) is 3.56. The van der Waals surface area contributed by atoms with Crippen LogP contribution in [0.25, 0.3) is 5.69 Å². The SMILES string of the molecule is NC(=O)c1cc(Oc2ccc(NC(=O)Nc3cc(C4CCCC4)nn3-c3cc(F)cc(F)c3)c(F)c2)ccn1. The number of aromatic nitrogens is 3. The minimum atomic E-state index is -0.793. The molecular weight excluding hydrogens is 513 g/mol. The Bertz CT molecular complexity index is 1530. The van der Waals surface area contributed by atoms with Gasteiger partial charge < -0.3 is 15.8 Å². The number of benzene rings is 2. The third kappa shape index (κ3) is 6.00. The Morgan fingerprint density at radius 1 is 0.923 bits per heavy atom. The van der Waals surface area contributed by atoms with Crippen LogP contribution in [0.4, 0.5) is 29.5 Å². The Morgan fingerprint density at radius 2 is 1.64 bits per heavy atom. The number of ether oxygens (including phenoxy) is 1. The molecule has 200 valence electrons. The van der Waals surface area contributed by atoms with Gasteiger partial charge >= 0.3 is 6.03 Å². The van der Waals surface area contributed by atoms with E-state index in [9.17, 15) is 22.8 Å². The number of carbonyl (C=O) groups excluding carboxylic acids is 2. The van der Waals surface area contributed by atoms with E-state index in [4.69, 9.17) is 10.5 Å². The summed E-state index contributed by atoms with van der Waals surface area (Å²) in [4.78, 5) is 27.9. The molecule has 4 aromatic rings. The molecule has 0 atom stereocenters. The van der Waals surface area contributed by atoms with Crippen LogP contribution < -0.4 is 21.1 Å². The smallest absolute Gasteiger partial charge is 0.324 e. The van der Waals surface area contributed by atoms with Crippen molar-refractivity contribution in [3.8, 4) is 17.2 Å². The first-order valence-corrected chi connectivity index (χ1v) is 12.1. The number of urea groups is 1. The Morgan fingerprint density at radius 3 is 2.33 bits per heavy atom. The molecule has 0 bridgehead atoms. The highest BCUT2D eigenvalue weighted by Gasteiger charge is 2.23. The lowest BCUT2D eigenvalue weighted by molar-refractivity contribution is 0.0995. The Labute approximate surface area is 220 Å². The largest absolute Gasteiger partial charge is 0.457 e. The first-order chi connectivity index (χ1) is 18.7. The summed E-state index contributed by atoms with van der Waals surface area (Å²) in [5, 5.41) is 9.52. The molecule has 1 aliphatic rings. The second kappa shape index (κ2) is 10.9. The number of nitrogens with one attached hydrogen (secondary N) is 2. The van der Waals surface area contributed by atoms with E-state index < -0.39 is 29.4 Å². The number of nitrogens with zero attached hydrogens (tertiary/aromatic N) is 3. The van der Waals surface area contributed by atoms with Crippen molar-refractivity contribution in [1.29, 1.82) is 0 Å². The van der Waals surface area contributed by atoms with E-state index in [1.54, 1.807) is 6.07 Å². The number of primary amides is 1. The van der Waals surface area contributed by atoms with Crippen molar-refractivity contribution in [2.75, 3.05) is 10.6 Å². The van der Waals surface area contributed by atoms with E-state index in [-0.39, 0.29) is 40.3 Å². The Balaban J connectivity index is 1.33. The summed E-state index contributed by atoms with van der Waals surface area (Å²) in [7, 11) is 0. The first-order valence-electron chi connectivity index (χ1n) is 12.1. The van der Waals surface area contributed by atoms with Gasteiger partial charge in [-0.15, -0.1) is 0 Å². The van der Waals surface area contributed by atoms with Gasteiger partial charge in [0.25, 0.3) is 5.91 Å².